The first-order chi connectivity index (χ1) is 5.81. The summed E-state index contributed by atoms with van der Waals surface area (Å²) in [6, 6.07) is 0. The second-order valence-corrected chi connectivity index (χ2v) is 3.76. The zero-order valence-corrected chi connectivity index (χ0v) is 8.71. The monoisotopic (exact) mass is 200 g/mol. The molecular formula is C9H12OS2. The van der Waals surface area contributed by atoms with Crippen LogP contribution in [0.2, 0.25) is 0 Å². The molecule has 0 amide bonds. The molecule has 0 saturated heterocycles. The topological polar surface area (TPSA) is 9.23 Å². The molecule has 0 fully saturated rings. The van der Waals surface area contributed by atoms with E-state index in [0.717, 1.165) is 12.2 Å². The third kappa shape index (κ3) is 7.64. The van der Waals surface area contributed by atoms with E-state index in [2.05, 4.69) is 5.92 Å². The summed E-state index contributed by atoms with van der Waals surface area (Å²) in [6.07, 6.45) is 9.38. The van der Waals surface area contributed by atoms with Gasteiger partial charge in [-0.2, -0.15) is 0 Å². The van der Waals surface area contributed by atoms with Crippen molar-refractivity contribution >= 4 is 28.4 Å². The third-order valence-electron chi connectivity index (χ3n) is 0.981. The van der Waals surface area contributed by atoms with Crippen LogP contribution in [0.3, 0.4) is 0 Å². The molecule has 1 nitrogen and oxygen atoms in total. The Bertz CT molecular complexity index is 191. The zero-order chi connectivity index (χ0) is 9.23. The number of rotatable bonds is 4. The van der Waals surface area contributed by atoms with E-state index >= 15 is 0 Å². The smallest absolute Gasteiger partial charge is 0.219 e. The first-order valence-electron chi connectivity index (χ1n) is 3.72. The van der Waals surface area contributed by atoms with Gasteiger partial charge in [-0.1, -0.05) is 30.7 Å². The van der Waals surface area contributed by atoms with Crippen LogP contribution in [0, 0.1) is 12.3 Å². The number of thiocarbonyl (C=S) groups is 1. The van der Waals surface area contributed by atoms with Crippen molar-refractivity contribution in [2.24, 2.45) is 0 Å². The van der Waals surface area contributed by atoms with Crippen LogP contribution in [0.15, 0.2) is 12.2 Å². The van der Waals surface area contributed by atoms with Gasteiger partial charge in [0.05, 0.1) is 6.61 Å². The number of terminal acetylenes is 1. The van der Waals surface area contributed by atoms with Gasteiger partial charge in [-0.3, -0.25) is 0 Å². The highest BCUT2D eigenvalue weighted by Crippen LogP contribution is 2.04. The summed E-state index contributed by atoms with van der Waals surface area (Å²) in [5, 5.41) is 0. The lowest BCUT2D eigenvalue weighted by atomic mass is 10.4. The van der Waals surface area contributed by atoms with Crippen LogP contribution in [0.25, 0.3) is 0 Å². The molecule has 0 aromatic carbocycles. The molecule has 0 aliphatic heterocycles. The van der Waals surface area contributed by atoms with Crippen LogP contribution in [-0.4, -0.2) is 16.7 Å². The average Bonchev–Trinajstić information content (AvgIpc) is 2.05. The van der Waals surface area contributed by atoms with E-state index in [4.69, 9.17) is 23.4 Å². The molecule has 12 heavy (non-hydrogen) atoms. The predicted molar refractivity (Wildman–Crippen MR) is 59.3 cm³/mol. The molecule has 0 aliphatic carbocycles. The van der Waals surface area contributed by atoms with Crippen molar-refractivity contribution in [3.63, 3.8) is 0 Å². The van der Waals surface area contributed by atoms with Crippen molar-refractivity contribution in [3.05, 3.63) is 12.2 Å². The van der Waals surface area contributed by atoms with E-state index in [1.165, 1.54) is 11.8 Å². The molecule has 0 unspecified atom stereocenters. The number of ether oxygens (including phenoxy) is 1. The molecule has 0 radical (unpaired) electrons. The summed E-state index contributed by atoms with van der Waals surface area (Å²) in [6.45, 7) is 2.66. The fourth-order valence-electron chi connectivity index (χ4n) is 0.521. The van der Waals surface area contributed by atoms with Gasteiger partial charge in [0.2, 0.25) is 4.38 Å². The van der Waals surface area contributed by atoms with Crippen molar-refractivity contribution in [3.8, 4) is 12.3 Å². The Hall–Kier alpha value is -0.460. The molecule has 0 aromatic rings. The Morgan fingerprint density at radius 2 is 2.50 bits per heavy atom. The van der Waals surface area contributed by atoms with E-state index in [9.17, 15) is 0 Å². The van der Waals surface area contributed by atoms with E-state index in [0.29, 0.717) is 11.0 Å². The predicted octanol–water partition coefficient (Wildman–Crippen LogP) is 2.62. The fraction of sp³-hybridized carbons (Fsp3) is 0.444. The van der Waals surface area contributed by atoms with Crippen molar-refractivity contribution in [2.75, 3.05) is 12.4 Å². The lowest BCUT2D eigenvalue weighted by Crippen LogP contribution is -1.98. The van der Waals surface area contributed by atoms with Crippen LogP contribution in [0.1, 0.15) is 13.3 Å². The van der Waals surface area contributed by atoms with Crippen LogP contribution < -0.4 is 0 Å². The molecule has 0 rings (SSSR count). The van der Waals surface area contributed by atoms with Gasteiger partial charge in [-0.25, -0.2) is 0 Å². The Morgan fingerprint density at radius 1 is 1.75 bits per heavy atom. The van der Waals surface area contributed by atoms with Gasteiger partial charge < -0.3 is 4.74 Å². The van der Waals surface area contributed by atoms with Gasteiger partial charge in [0.1, 0.15) is 0 Å². The van der Waals surface area contributed by atoms with Gasteiger partial charge in [-0.05, 0) is 24.0 Å². The number of hydrogen-bond donors (Lipinski definition) is 0. The van der Waals surface area contributed by atoms with E-state index in [1.54, 1.807) is 6.08 Å². The van der Waals surface area contributed by atoms with Crippen molar-refractivity contribution in [2.45, 2.75) is 13.3 Å². The zero-order valence-electron chi connectivity index (χ0n) is 7.08. The Kier molecular flexibility index (Phi) is 8.30. The molecule has 66 valence electrons. The number of hydrogen-bond acceptors (Lipinski definition) is 3. The maximum Gasteiger partial charge on any atom is 0.219 e. The van der Waals surface area contributed by atoms with Crippen LogP contribution in [0.4, 0.5) is 0 Å². The fourth-order valence-corrected chi connectivity index (χ4v) is 1.36. The average molecular weight is 200 g/mol. The van der Waals surface area contributed by atoms with Crippen molar-refractivity contribution in [1.82, 2.24) is 0 Å². The standard InChI is InChI=1S/C9H12OS2/c1-3-5-6-7-8-10-9(11)12-4-2/h1,5-6H,4,7-8H2,2H3/b6-5+. The first kappa shape index (κ1) is 11.5. The molecule has 0 N–H and O–H groups in total. The summed E-state index contributed by atoms with van der Waals surface area (Å²) in [4.78, 5) is 0. The SMILES string of the molecule is C#C/C=C/CCOC(=S)SCC. The molecule has 0 spiro atoms. The van der Waals surface area contributed by atoms with Gasteiger partial charge >= 0.3 is 0 Å². The summed E-state index contributed by atoms with van der Waals surface area (Å²) in [5.41, 5.74) is 0. The summed E-state index contributed by atoms with van der Waals surface area (Å²) < 4.78 is 5.82. The summed E-state index contributed by atoms with van der Waals surface area (Å²) in [7, 11) is 0. The second-order valence-electron chi connectivity index (χ2n) is 1.89. The summed E-state index contributed by atoms with van der Waals surface area (Å²) in [5.74, 6) is 3.36. The third-order valence-corrected chi connectivity index (χ3v) is 2.09. The molecule has 0 saturated carbocycles. The quantitative estimate of drug-likeness (QED) is 0.392. The van der Waals surface area contributed by atoms with Gasteiger partial charge in [-0.15, -0.1) is 6.42 Å². The minimum atomic E-state index is 0.615. The summed E-state index contributed by atoms with van der Waals surface area (Å²) >= 11 is 6.45. The minimum absolute atomic E-state index is 0.615. The van der Waals surface area contributed by atoms with Crippen molar-refractivity contribution < 1.29 is 4.74 Å². The lowest BCUT2D eigenvalue weighted by molar-refractivity contribution is 0.330. The van der Waals surface area contributed by atoms with E-state index < -0.39 is 0 Å². The Balaban J connectivity index is 3.26. The Labute approximate surface area is 83.6 Å². The second kappa shape index (κ2) is 8.63. The van der Waals surface area contributed by atoms with E-state index in [1.807, 2.05) is 13.0 Å². The normalized spacial score (nSPS) is 9.67. The largest absolute Gasteiger partial charge is 0.478 e. The number of allylic oxidation sites excluding steroid dienone is 1. The van der Waals surface area contributed by atoms with Crippen LogP contribution in [0.5, 0.6) is 0 Å². The lowest BCUT2D eigenvalue weighted by Gasteiger charge is -2.02. The highest BCUT2D eigenvalue weighted by Gasteiger charge is 1.93. The first-order valence-corrected chi connectivity index (χ1v) is 5.11. The maximum atomic E-state index is 5.20. The highest BCUT2D eigenvalue weighted by atomic mass is 32.2. The van der Waals surface area contributed by atoms with Gasteiger partial charge in [0.15, 0.2) is 0 Å². The van der Waals surface area contributed by atoms with Crippen LogP contribution in [-0.2, 0) is 4.74 Å². The molecule has 0 aliphatic rings. The molecular weight excluding hydrogens is 188 g/mol. The minimum Gasteiger partial charge on any atom is -0.478 e. The molecule has 0 aromatic heterocycles. The molecule has 3 heteroatoms. The maximum absolute atomic E-state index is 5.20. The number of thioether (sulfide) groups is 1. The van der Waals surface area contributed by atoms with Gasteiger partial charge in [0, 0.05) is 6.42 Å². The highest BCUT2D eigenvalue weighted by molar-refractivity contribution is 8.22. The van der Waals surface area contributed by atoms with E-state index in [-0.39, 0.29) is 0 Å². The van der Waals surface area contributed by atoms with Crippen LogP contribution >= 0.6 is 24.0 Å². The Morgan fingerprint density at radius 3 is 3.08 bits per heavy atom. The van der Waals surface area contributed by atoms with Gasteiger partial charge in [0.25, 0.3) is 0 Å². The molecule has 0 atom stereocenters. The molecule has 0 bridgehead atoms. The van der Waals surface area contributed by atoms with Crippen molar-refractivity contribution in [1.29, 1.82) is 0 Å². The molecule has 0 heterocycles.